The molecule has 2 amide bonds. The molecule has 11 heteroatoms. The highest BCUT2D eigenvalue weighted by atomic mass is 32.2. The monoisotopic (exact) mass is 447 g/mol. The number of hydrogen-bond acceptors (Lipinski definition) is 7. The predicted octanol–water partition coefficient (Wildman–Crippen LogP) is 1.95. The summed E-state index contributed by atoms with van der Waals surface area (Å²) >= 11 is 0. The van der Waals surface area contributed by atoms with Crippen LogP contribution >= 0.6 is 0 Å². The van der Waals surface area contributed by atoms with Gasteiger partial charge in [0.05, 0.1) is 36.0 Å². The minimum Gasteiger partial charge on any atom is -0.353 e. The first-order valence-corrected chi connectivity index (χ1v) is 11.4. The second kappa shape index (κ2) is 8.90. The maximum absolute atomic E-state index is 12.5. The van der Waals surface area contributed by atoms with Crippen molar-refractivity contribution >= 4 is 45.2 Å². The Kier molecular flexibility index (Phi) is 6.46. The molecule has 1 fully saturated rings. The number of carbonyl (C=O) groups is 2. The van der Waals surface area contributed by atoms with Crippen molar-refractivity contribution in [3.63, 3.8) is 0 Å². The minimum atomic E-state index is -3.52. The Labute approximate surface area is 181 Å². The summed E-state index contributed by atoms with van der Waals surface area (Å²) in [5.74, 6) is -0.155. The molecule has 1 aliphatic carbocycles. The van der Waals surface area contributed by atoms with Crippen molar-refractivity contribution in [2.24, 2.45) is 0 Å². The number of rotatable bonds is 9. The smallest absolute Gasteiger partial charge is 0.278 e. The first-order valence-electron chi connectivity index (χ1n) is 9.54. The SMILES string of the molecule is CONC(=O)c1cnc(N(C=O)C2CC2)cc1Nc1ccc(C)cc1N(C)S(C)(=O)=O. The molecule has 2 N–H and O–H groups in total. The lowest BCUT2D eigenvalue weighted by atomic mass is 10.1. The van der Waals surface area contributed by atoms with Crippen LogP contribution in [0.1, 0.15) is 28.8 Å². The van der Waals surface area contributed by atoms with Crippen LogP contribution < -0.4 is 20.0 Å². The van der Waals surface area contributed by atoms with Gasteiger partial charge in [-0.3, -0.25) is 23.6 Å². The topological polar surface area (TPSA) is 121 Å². The van der Waals surface area contributed by atoms with Gasteiger partial charge in [0, 0.05) is 25.4 Å². The molecule has 1 saturated carbocycles. The number of pyridine rings is 1. The Hall–Kier alpha value is -3.18. The van der Waals surface area contributed by atoms with Gasteiger partial charge in [-0.25, -0.2) is 18.9 Å². The summed E-state index contributed by atoms with van der Waals surface area (Å²) in [5, 5.41) is 3.13. The number of hydrogen-bond donors (Lipinski definition) is 2. The lowest BCUT2D eigenvalue weighted by molar-refractivity contribution is -0.107. The Morgan fingerprint density at radius 1 is 1.26 bits per heavy atom. The molecule has 31 heavy (non-hydrogen) atoms. The summed E-state index contributed by atoms with van der Waals surface area (Å²) in [6.45, 7) is 1.85. The van der Waals surface area contributed by atoms with Gasteiger partial charge in [-0.2, -0.15) is 0 Å². The fraction of sp³-hybridized carbons (Fsp3) is 0.350. The quantitative estimate of drug-likeness (QED) is 0.445. The molecule has 0 unspecified atom stereocenters. The largest absolute Gasteiger partial charge is 0.353 e. The zero-order valence-electron chi connectivity index (χ0n) is 17.7. The fourth-order valence-corrected chi connectivity index (χ4v) is 3.54. The van der Waals surface area contributed by atoms with Gasteiger partial charge in [0.25, 0.3) is 5.91 Å². The number of aryl methyl sites for hydroxylation is 1. The molecular formula is C20H25N5O5S. The van der Waals surface area contributed by atoms with Gasteiger partial charge in [-0.05, 0) is 37.5 Å². The summed E-state index contributed by atoms with van der Waals surface area (Å²) in [6, 6.07) is 6.94. The third kappa shape index (κ3) is 5.12. The van der Waals surface area contributed by atoms with Crippen LogP contribution in [0.15, 0.2) is 30.5 Å². The summed E-state index contributed by atoms with van der Waals surface area (Å²) < 4.78 is 25.4. The fourth-order valence-electron chi connectivity index (χ4n) is 3.03. The number of carbonyl (C=O) groups excluding carboxylic acids is 2. The van der Waals surface area contributed by atoms with Gasteiger partial charge in [-0.1, -0.05) is 6.07 Å². The second-order valence-electron chi connectivity index (χ2n) is 7.34. The van der Waals surface area contributed by atoms with E-state index in [1.54, 1.807) is 18.2 Å². The summed E-state index contributed by atoms with van der Waals surface area (Å²) in [7, 11) is -0.760. The zero-order chi connectivity index (χ0) is 22.8. The molecule has 0 saturated heterocycles. The third-order valence-corrected chi connectivity index (χ3v) is 6.10. The lowest BCUT2D eigenvalue weighted by Gasteiger charge is -2.23. The molecule has 10 nitrogen and oxygen atoms in total. The van der Waals surface area contributed by atoms with Crippen molar-refractivity contribution in [2.75, 3.05) is 34.9 Å². The molecule has 0 spiro atoms. The highest BCUT2D eigenvalue weighted by Gasteiger charge is 2.30. The second-order valence-corrected chi connectivity index (χ2v) is 9.36. The van der Waals surface area contributed by atoms with Crippen LogP contribution in [0.3, 0.4) is 0 Å². The van der Waals surface area contributed by atoms with E-state index in [9.17, 15) is 18.0 Å². The maximum atomic E-state index is 12.5. The average molecular weight is 448 g/mol. The van der Waals surface area contributed by atoms with E-state index >= 15 is 0 Å². The van der Waals surface area contributed by atoms with E-state index < -0.39 is 15.9 Å². The lowest BCUT2D eigenvalue weighted by Crippen LogP contribution is -2.27. The summed E-state index contributed by atoms with van der Waals surface area (Å²) in [4.78, 5) is 34.5. The van der Waals surface area contributed by atoms with Gasteiger partial charge >= 0.3 is 0 Å². The number of nitrogens with one attached hydrogen (secondary N) is 2. The molecule has 0 atom stereocenters. The number of aromatic nitrogens is 1. The molecule has 3 rings (SSSR count). The average Bonchev–Trinajstić information content (AvgIpc) is 3.54. The van der Waals surface area contributed by atoms with E-state index in [0.717, 1.165) is 29.0 Å². The van der Waals surface area contributed by atoms with Crippen molar-refractivity contribution in [1.82, 2.24) is 10.5 Å². The van der Waals surface area contributed by atoms with Crippen molar-refractivity contribution in [3.05, 3.63) is 41.6 Å². The van der Waals surface area contributed by atoms with E-state index in [0.29, 0.717) is 29.3 Å². The maximum Gasteiger partial charge on any atom is 0.278 e. The molecule has 1 aromatic heterocycles. The standard InChI is InChI=1S/C20H25N5O5S/c1-13-5-8-16(18(9-13)24(2)31(4,28)29)22-17-10-19(25(12-26)14-6-7-14)21-11-15(17)20(27)23-30-3/h5,8-12,14H,6-7H2,1-4H3,(H,21,22)(H,23,27). The Morgan fingerprint density at radius 3 is 2.55 bits per heavy atom. The first kappa shape index (κ1) is 22.5. The molecule has 1 heterocycles. The molecule has 0 bridgehead atoms. The first-order chi connectivity index (χ1) is 14.7. The van der Waals surface area contributed by atoms with E-state index in [4.69, 9.17) is 4.84 Å². The molecular weight excluding hydrogens is 422 g/mol. The van der Waals surface area contributed by atoms with Gasteiger partial charge in [0.1, 0.15) is 5.82 Å². The third-order valence-electron chi connectivity index (χ3n) is 4.91. The molecule has 2 aromatic rings. The van der Waals surface area contributed by atoms with Crippen LogP contribution in [-0.4, -0.2) is 52.2 Å². The molecule has 0 radical (unpaired) electrons. The Morgan fingerprint density at radius 2 is 1.97 bits per heavy atom. The molecule has 1 aromatic carbocycles. The van der Waals surface area contributed by atoms with E-state index in [1.807, 2.05) is 13.0 Å². The molecule has 0 aliphatic heterocycles. The number of hydroxylamine groups is 1. The molecule has 166 valence electrons. The predicted molar refractivity (Wildman–Crippen MR) is 118 cm³/mol. The van der Waals surface area contributed by atoms with Crippen LogP contribution in [0.5, 0.6) is 0 Å². The van der Waals surface area contributed by atoms with E-state index in [-0.39, 0.29) is 11.6 Å². The molecule has 1 aliphatic rings. The Bertz CT molecular complexity index is 1100. The van der Waals surface area contributed by atoms with Crippen LogP contribution in [0, 0.1) is 6.92 Å². The minimum absolute atomic E-state index is 0.0859. The van der Waals surface area contributed by atoms with Crippen molar-refractivity contribution in [2.45, 2.75) is 25.8 Å². The number of benzene rings is 1. The number of amides is 2. The van der Waals surface area contributed by atoms with Crippen LogP contribution in [0.25, 0.3) is 0 Å². The number of sulfonamides is 1. The summed E-state index contributed by atoms with van der Waals surface area (Å²) in [6.07, 6.45) is 4.94. The van der Waals surface area contributed by atoms with Crippen molar-refractivity contribution in [1.29, 1.82) is 0 Å². The van der Waals surface area contributed by atoms with Crippen LogP contribution in [0.2, 0.25) is 0 Å². The highest BCUT2D eigenvalue weighted by Crippen LogP contribution is 2.35. The van der Waals surface area contributed by atoms with Gasteiger partial charge < -0.3 is 5.32 Å². The highest BCUT2D eigenvalue weighted by molar-refractivity contribution is 7.92. The Balaban J connectivity index is 2.08. The zero-order valence-corrected chi connectivity index (χ0v) is 18.6. The van der Waals surface area contributed by atoms with Gasteiger partial charge in [0.2, 0.25) is 16.4 Å². The van der Waals surface area contributed by atoms with Crippen LogP contribution in [0.4, 0.5) is 22.9 Å². The number of nitrogens with zero attached hydrogens (tertiary/aromatic N) is 3. The van der Waals surface area contributed by atoms with E-state index in [1.165, 1.54) is 25.3 Å². The number of anilines is 4. The van der Waals surface area contributed by atoms with E-state index in [2.05, 4.69) is 15.8 Å². The normalized spacial score (nSPS) is 13.4. The summed E-state index contributed by atoms with van der Waals surface area (Å²) in [5.41, 5.74) is 4.50. The van der Waals surface area contributed by atoms with Crippen molar-refractivity contribution < 1.29 is 22.8 Å². The van der Waals surface area contributed by atoms with Crippen LogP contribution in [-0.2, 0) is 19.7 Å². The van der Waals surface area contributed by atoms with Gasteiger partial charge in [0.15, 0.2) is 0 Å². The van der Waals surface area contributed by atoms with Crippen molar-refractivity contribution in [3.8, 4) is 0 Å². The van der Waals surface area contributed by atoms with Gasteiger partial charge in [-0.15, -0.1) is 0 Å².